The summed E-state index contributed by atoms with van der Waals surface area (Å²) in [5.41, 5.74) is 0. The van der Waals surface area contributed by atoms with Crippen LogP contribution in [0.4, 0.5) is 0 Å². The Balaban J connectivity index is 0.00000144. The minimum Gasteiger partial charge on any atom is -0.477 e. The van der Waals surface area contributed by atoms with Crippen LogP contribution in [0.15, 0.2) is 27.6 Å². The molecule has 92 valence electrons. The molecule has 0 amide bonds. The van der Waals surface area contributed by atoms with Crippen LogP contribution in [0, 0.1) is 0 Å². The second-order valence-electron chi connectivity index (χ2n) is 3.14. The maximum Gasteiger partial charge on any atom is 0.347 e. The van der Waals surface area contributed by atoms with Gasteiger partial charge in [-0.05, 0) is 24.0 Å². The highest BCUT2D eigenvalue weighted by atomic mass is 79.9. The number of hydrogen-bond acceptors (Lipinski definition) is 3. The first-order chi connectivity index (χ1) is 7.63. The van der Waals surface area contributed by atoms with E-state index in [9.17, 15) is 4.79 Å². The molecule has 0 spiro atoms. The number of halogens is 2. The predicted octanol–water partition coefficient (Wildman–Crippen LogP) is 4.90. The van der Waals surface area contributed by atoms with Gasteiger partial charge in [-0.25, -0.2) is 4.79 Å². The topological polar surface area (TPSA) is 37.3 Å². The van der Waals surface area contributed by atoms with E-state index in [4.69, 9.17) is 5.11 Å². The molecule has 1 aromatic heterocycles. The van der Waals surface area contributed by atoms with Crippen molar-refractivity contribution in [3.8, 4) is 0 Å². The van der Waals surface area contributed by atoms with E-state index in [1.807, 2.05) is 25.1 Å². The Labute approximate surface area is 122 Å². The molecule has 2 aromatic rings. The number of thioether (sulfide) groups is 1. The Morgan fingerprint density at radius 3 is 2.82 bits per heavy atom. The van der Waals surface area contributed by atoms with Crippen molar-refractivity contribution in [3.63, 3.8) is 0 Å². The lowest BCUT2D eigenvalue weighted by Gasteiger charge is -1.98. The lowest BCUT2D eigenvalue weighted by molar-refractivity contribution is 0.0699. The monoisotopic (exact) mass is 352 g/mol. The fourth-order valence-corrected chi connectivity index (χ4v) is 3.95. The van der Waals surface area contributed by atoms with Crippen molar-refractivity contribution in [3.05, 3.63) is 27.5 Å². The van der Waals surface area contributed by atoms with Crippen LogP contribution in [0.25, 0.3) is 10.1 Å². The molecule has 2 nitrogen and oxygen atoms in total. The quantitative estimate of drug-likeness (QED) is 0.798. The van der Waals surface area contributed by atoms with Gasteiger partial charge in [0.05, 0.1) is 0 Å². The van der Waals surface area contributed by atoms with E-state index in [1.165, 1.54) is 11.3 Å². The van der Waals surface area contributed by atoms with Crippen molar-refractivity contribution >= 4 is 67.5 Å². The highest BCUT2D eigenvalue weighted by molar-refractivity contribution is 9.10. The van der Waals surface area contributed by atoms with Crippen molar-refractivity contribution in [1.82, 2.24) is 0 Å². The van der Waals surface area contributed by atoms with E-state index in [2.05, 4.69) is 15.9 Å². The first-order valence-corrected chi connectivity index (χ1v) is 7.31. The minimum atomic E-state index is -0.840. The van der Waals surface area contributed by atoms with Gasteiger partial charge in [0.25, 0.3) is 0 Å². The lowest BCUT2D eigenvalue weighted by Crippen LogP contribution is -1.93. The molecule has 0 fully saturated rings. The van der Waals surface area contributed by atoms with E-state index in [1.54, 1.807) is 11.8 Å². The second-order valence-corrected chi connectivity index (χ2v) is 6.38. The van der Waals surface area contributed by atoms with Crippen LogP contribution in [0.1, 0.15) is 16.6 Å². The van der Waals surface area contributed by atoms with Crippen LogP contribution in [-0.4, -0.2) is 16.8 Å². The number of aromatic carboxylic acids is 1. The van der Waals surface area contributed by atoms with Gasteiger partial charge < -0.3 is 5.11 Å². The molecule has 1 heterocycles. The number of benzene rings is 1. The molecule has 1 aromatic carbocycles. The van der Waals surface area contributed by atoms with E-state index >= 15 is 0 Å². The summed E-state index contributed by atoms with van der Waals surface area (Å²) in [6, 6.07) is 5.87. The van der Waals surface area contributed by atoms with Crippen molar-refractivity contribution in [2.24, 2.45) is 0 Å². The van der Waals surface area contributed by atoms with Crippen LogP contribution in [0.3, 0.4) is 0 Å². The Bertz CT molecular complexity index is 554. The largest absolute Gasteiger partial charge is 0.477 e. The maximum atomic E-state index is 11.1. The molecule has 0 bridgehead atoms. The molecule has 0 saturated heterocycles. The average Bonchev–Trinajstić information content (AvgIpc) is 2.58. The van der Waals surface area contributed by atoms with Gasteiger partial charge in [-0.3, -0.25) is 0 Å². The van der Waals surface area contributed by atoms with Crippen LogP contribution in [0.5, 0.6) is 0 Å². The fourth-order valence-electron chi connectivity index (χ4n) is 1.48. The van der Waals surface area contributed by atoms with E-state index in [0.29, 0.717) is 4.88 Å². The fraction of sp³-hybridized carbons (Fsp3) is 0.182. The summed E-state index contributed by atoms with van der Waals surface area (Å²) >= 11 is 6.34. The molecule has 17 heavy (non-hydrogen) atoms. The van der Waals surface area contributed by atoms with Crippen molar-refractivity contribution < 1.29 is 9.90 Å². The Morgan fingerprint density at radius 1 is 1.53 bits per heavy atom. The van der Waals surface area contributed by atoms with Gasteiger partial charge in [-0.15, -0.1) is 35.5 Å². The minimum absolute atomic E-state index is 0. The molecule has 2 rings (SSSR count). The van der Waals surface area contributed by atoms with Gasteiger partial charge in [0.2, 0.25) is 0 Å². The van der Waals surface area contributed by atoms with Gasteiger partial charge in [0.15, 0.2) is 0 Å². The zero-order valence-electron chi connectivity index (χ0n) is 8.90. The SMILES string of the molecule is CCSc1c(C(=O)O)sc2ccc(Br)cc12.Cl. The molecule has 0 atom stereocenters. The molecule has 0 aliphatic rings. The summed E-state index contributed by atoms with van der Waals surface area (Å²) in [7, 11) is 0. The molecule has 1 N–H and O–H groups in total. The van der Waals surface area contributed by atoms with Crippen molar-refractivity contribution in [2.45, 2.75) is 11.8 Å². The molecule has 0 unspecified atom stereocenters. The summed E-state index contributed by atoms with van der Waals surface area (Å²) in [5, 5.41) is 10.2. The molecule has 6 heteroatoms. The first kappa shape index (κ1) is 14.8. The van der Waals surface area contributed by atoms with Gasteiger partial charge in [-0.1, -0.05) is 22.9 Å². The highest BCUT2D eigenvalue weighted by Crippen LogP contribution is 2.39. The first-order valence-electron chi connectivity index (χ1n) is 4.71. The average molecular weight is 354 g/mol. The van der Waals surface area contributed by atoms with E-state index in [-0.39, 0.29) is 12.4 Å². The Hall–Kier alpha value is -0.230. The Morgan fingerprint density at radius 2 is 2.24 bits per heavy atom. The summed E-state index contributed by atoms with van der Waals surface area (Å²) in [6.45, 7) is 2.03. The van der Waals surface area contributed by atoms with Crippen LogP contribution in [-0.2, 0) is 0 Å². The number of carboxylic acid groups (broad SMARTS) is 1. The number of rotatable bonds is 3. The number of thiophene rings is 1. The molecule has 0 aliphatic heterocycles. The summed E-state index contributed by atoms with van der Waals surface area (Å²) in [6.07, 6.45) is 0. The lowest BCUT2D eigenvalue weighted by atomic mass is 10.2. The number of fused-ring (bicyclic) bond motifs is 1. The third kappa shape index (κ3) is 2.96. The van der Waals surface area contributed by atoms with Crippen molar-refractivity contribution in [1.29, 1.82) is 0 Å². The van der Waals surface area contributed by atoms with Crippen LogP contribution < -0.4 is 0 Å². The highest BCUT2D eigenvalue weighted by Gasteiger charge is 2.17. The summed E-state index contributed by atoms with van der Waals surface area (Å²) in [5.74, 6) is 0.0341. The van der Waals surface area contributed by atoms with Crippen molar-refractivity contribution in [2.75, 3.05) is 5.75 Å². The number of carbonyl (C=O) groups is 1. The predicted molar refractivity (Wildman–Crippen MR) is 80.1 cm³/mol. The summed E-state index contributed by atoms with van der Waals surface area (Å²) in [4.78, 5) is 12.5. The molecule has 0 saturated carbocycles. The van der Waals surface area contributed by atoms with E-state index in [0.717, 1.165) is 25.2 Å². The standard InChI is InChI=1S/C11H9BrO2S2.ClH/c1-2-15-9-7-5-6(12)3-4-8(7)16-10(9)11(13)14;/h3-5H,2H2,1H3,(H,13,14);1H. The van der Waals surface area contributed by atoms with E-state index < -0.39 is 5.97 Å². The van der Waals surface area contributed by atoms with Crippen LogP contribution in [0.2, 0.25) is 0 Å². The van der Waals surface area contributed by atoms with Gasteiger partial charge in [0, 0.05) is 19.5 Å². The number of carboxylic acids is 1. The molecule has 0 radical (unpaired) electrons. The summed E-state index contributed by atoms with van der Waals surface area (Å²) < 4.78 is 2.00. The zero-order chi connectivity index (χ0) is 11.7. The normalized spacial score (nSPS) is 10.2. The Kier molecular flexibility index (Phi) is 5.31. The molecule has 0 aliphatic carbocycles. The van der Waals surface area contributed by atoms with Gasteiger partial charge >= 0.3 is 5.97 Å². The maximum absolute atomic E-state index is 11.1. The smallest absolute Gasteiger partial charge is 0.347 e. The second kappa shape index (κ2) is 6.09. The zero-order valence-corrected chi connectivity index (χ0v) is 12.9. The van der Waals surface area contributed by atoms with Gasteiger partial charge in [0.1, 0.15) is 4.88 Å². The van der Waals surface area contributed by atoms with Gasteiger partial charge in [-0.2, -0.15) is 0 Å². The third-order valence-corrected chi connectivity index (χ3v) is 4.87. The third-order valence-electron chi connectivity index (χ3n) is 2.09. The molecular weight excluding hydrogens is 344 g/mol. The van der Waals surface area contributed by atoms with Crippen LogP contribution >= 0.6 is 51.4 Å². The molecular formula is C11H10BrClO2S2. The number of hydrogen-bond donors (Lipinski definition) is 1.